The summed E-state index contributed by atoms with van der Waals surface area (Å²) in [5.74, 6) is 2.39. The lowest BCUT2D eigenvalue weighted by atomic mass is 10.1. The number of fused-ring (bicyclic) bond motifs is 1. The van der Waals surface area contributed by atoms with Crippen LogP contribution in [0.5, 0.6) is 5.75 Å². The van der Waals surface area contributed by atoms with Gasteiger partial charge in [-0.25, -0.2) is 9.97 Å². The highest BCUT2D eigenvalue weighted by molar-refractivity contribution is 5.90. The first-order valence-corrected chi connectivity index (χ1v) is 8.87. The first-order valence-electron chi connectivity index (χ1n) is 8.87. The maximum absolute atomic E-state index is 5.21. The average molecular weight is 356 g/mol. The van der Waals surface area contributed by atoms with Crippen LogP contribution in [-0.4, -0.2) is 28.6 Å². The summed E-state index contributed by atoms with van der Waals surface area (Å²) in [6.07, 6.45) is 4.42. The third kappa shape index (κ3) is 3.87. The molecular formula is C22H20N4O. The van der Waals surface area contributed by atoms with E-state index in [2.05, 4.69) is 27.4 Å². The van der Waals surface area contributed by atoms with E-state index in [0.29, 0.717) is 5.82 Å². The molecule has 2 heterocycles. The average Bonchev–Trinajstić information content (AvgIpc) is 2.74. The molecule has 0 radical (unpaired) electrons. The van der Waals surface area contributed by atoms with Crippen molar-refractivity contribution in [1.29, 1.82) is 0 Å². The summed E-state index contributed by atoms with van der Waals surface area (Å²) in [4.78, 5) is 13.6. The number of nitrogens with one attached hydrogen (secondary N) is 1. The number of ether oxygens (including phenoxy) is 1. The minimum absolute atomic E-state index is 0.675. The molecule has 0 bridgehead atoms. The van der Waals surface area contributed by atoms with Gasteiger partial charge in [0.1, 0.15) is 11.6 Å². The molecule has 0 saturated carbocycles. The molecule has 134 valence electrons. The standard InChI is InChI=1S/C22H20N4O/c1-27-18-10-8-16(9-11-18)12-14-24-22-19-6-2-3-7-20(19)25-21(26-22)17-5-4-13-23-15-17/h2-11,13,15H,12,14H2,1H3,(H,24,25,26). The zero-order valence-corrected chi connectivity index (χ0v) is 15.1. The molecule has 0 fully saturated rings. The van der Waals surface area contributed by atoms with Gasteiger partial charge < -0.3 is 10.1 Å². The minimum Gasteiger partial charge on any atom is -0.497 e. The van der Waals surface area contributed by atoms with E-state index in [9.17, 15) is 0 Å². The number of aromatic nitrogens is 3. The molecule has 27 heavy (non-hydrogen) atoms. The van der Waals surface area contributed by atoms with Crippen LogP contribution in [0.15, 0.2) is 73.1 Å². The van der Waals surface area contributed by atoms with E-state index in [-0.39, 0.29) is 0 Å². The Labute approximate surface area is 158 Å². The summed E-state index contributed by atoms with van der Waals surface area (Å²) in [7, 11) is 1.68. The van der Waals surface area contributed by atoms with E-state index in [4.69, 9.17) is 9.72 Å². The van der Waals surface area contributed by atoms with Gasteiger partial charge in [0.25, 0.3) is 0 Å². The van der Waals surface area contributed by atoms with Crippen molar-refractivity contribution in [3.63, 3.8) is 0 Å². The van der Waals surface area contributed by atoms with Gasteiger partial charge >= 0.3 is 0 Å². The molecule has 0 aliphatic heterocycles. The molecule has 0 aliphatic carbocycles. The van der Waals surface area contributed by atoms with Crippen molar-refractivity contribution in [3.05, 3.63) is 78.6 Å². The smallest absolute Gasteiger partial charge is 0.163 e. The van der Waals surface area contributed by atoms with Gasteiger partial charge in [-0.3, -0.25) is 4.98 Å². The number of benzene rings is 2. The Morgan fingerprint density at radius 1 is 0.926 bits per heavy atom. The second-order valence-corrected chi connectivity index (χ2v) is 6.18. The second kappa shape index (κ2) is 7.83. The van der Waals surface area contributed by atoms with Crippen LogP contribution in [0.1, 0.15) is 5.56 Å². The number of para-hydroxylation sites is 1. The van der Waals surface area contributed by atoms with Crippen molar-refractivity contribution < 1.29 is 4.74 Å². The molecule has 0 amide bonds. The van der Waals surface area contributed by atoms with Crippen LogP contribution in [0.25, 0.3) is 22.3 Å². The molecule has 2 aromatic carbocycles. The second-order valence-electron chi connectivity index (χ2n) is 6.18. The van der Waals surface area contributed by atoms with Gasteiger partial charge in [-0.05, 0) is 48.4 Å². The van der Waals surface area contributed by atoms with Crippen LogP contribution < -0.4 is 10.1 Å². The lowest BCUT2D eigenvalue weighted by Gasteiger charge is -2.11. The fourth-order valence-electron chi connectivity index (χ4n) is 2.95. The zero-order chi connectivity index (χ0) is 18.5. The molecular weight excluding hydrogens is 336 g/mol. The highest BCUT2D eigenvalue weighted by Gasteiger charge is 2.09. The Bertz CT molecular complexity index is 1030. The van der Waals surface area contributed by atoms with Gasteiger partial charge in [-0.2, -0.15) is 0 Å². The largest absolute Gasteiger partial charge is 0.497 e. The van der Waals surface area contributed by atoms with Crippen LogP contribution >= 0.6 is 0 Å². The maximum Gasteiger partial charge on any atom is 0.163 e. The van der Waals surface area contributed by atoms with E-state index in [0.717, 1.165) is 41.0 Å². The monoisotopic (exact) mass is 356 g/mol. The number of hydrogen-bond acceptors (Lipinski definition) is 5. The van der Waals surface area contributed by atoms with Gasteiger partial charge in [-0.15, -0.1) is 0 Å². The van der Waals surface area contributed by atoms with Gasteiger partial charge in [0.15, 0.2) is 5.82 Å². The summed E-state index contributed by atoms with van der Waals surface area (Å²) < 4.78 is 5.21. The third-order valence-electron chi connectivity index (χ3n) is 4.39. The topological polar surface area (TPSA) is 59.9 Å². The number of rotatable bonds is 6. The first-order chi connectivity index (χ1) is 13.3. The molecule has 4 rings (SSSR count). The van der Waals surface area contributed by atoms with Gasteiger partial charge in [0.2, 0.25) is 0 Å². The number of hydrogen-bond donors (Lipinski definition) is 1. The van der Waals surface area contributed by atoms with Crippen molar-refractivity contribution in [2.24, 2.45) is 0 Å². The summed E-state index contributed by atoms with van der Waals surface area (Å²) >= 11 is 0. The molecule has 5 heteroatoms. The van der Waals surface area contributed by atoms with Crippen molar-refractivity contribution in [3.8, 4) is 17.1 Å². The predicted octanol–water partition coefficient (Wildman–Crippen LogP) is 4.36. The van der Waals surface area contributed by atoms with E-state index >= 15 is 0 Å². The van der Waals surface area contributed by atoms with E-state index in [1.54, 1.807) is 19.5 Å². The molecule has 0 atom stereocenters. The van der Waals surface area contributed by atoms with E-state index in [1.807, 2.05) is 48.5 Å². The summed E-state index contributed by atoms with van der Waals surface area (Å²) in [6, 6.07) is 20.0. The van der Waals surface area contributed by atoms with Crippen LogP contribution in [0.4, 0.5) is 5.82 Å². The minimum atomic E-state index is 0.675. The molecule has 0 saturated heterocycles. The highest BCUT2D eigenvalue weighted by Crippen LogP contribution is 2.24. The van der Waals surface area contributed by atoms with Crippen molar-refractivity contribution in [1.82, 2.24) is 15.0 Å². The Morgan fingerprint density at radius 2 is 1.78 bits per heavy atom. The van der Waals surface area contributed by atoms with Crippen molar-refractivity contribution >= 4 is 16.7 Å². The molecule has 2 aromatic heterocycles. The summed E-state index contributed by atoms with van der Waals surface area (Å²) in [5, 5.41) is 4.49. The summed E-state index contributed by atoms with van der Waals surface area (Å²) in [6.45, 7) is 0.778. The fraction of sp³-hybridized carbons (Fsp3) is 0.136. The van der Waals surface area contributed by atoms with Crippen LogP contribution in [0.2, 0.25) is 0 Å². The number of methoxy groups -OCH3 is 1. The lowest BCUT2D eigenvalue weighted by Crippen LogP contribution is -2.08. The highest BCUT2D eigenvalue weighted by atomic mass is 16.5. The number of nitrogens with zero attached hydrogens (tertiary/aromatic N) is 3. The van der Waals surface area contributed by atoms with Gasteiger partial charge in [-0.1, -0.05) is 24.3 Å². The fourth-order valence-corrected chi connectivity index (χ4v) is 2.95. The van der Waals surface area contributed by atoms with Gasteiger partial charge in [0, 0.05) is 29.9 Å². The van der Waals surface area contributed by atoms with Crippen molar-refractivity contribution in [2.75, 3.05) is 19.0 Å². The van der Waals surface area contributed by atoms with Crippen LogP contribution in [0, 0.1) is 0 Å². The Balaban J connectivity index is 1.58. The normalized spacial score (nSPS) is 10.7. The molecule has 0 unspecified atom stereocenters. The van der Waals surface area contributed by atoms with E-state index < -0.39 is 0 Å². The number of pyridine rings is 1. The summed E-state index contributed by atoms with van der Waals surface area (Å²) in [5.41, 5.74) is 3.06. The molecule has 4 aromatic rings. The quantitative estimate of drug-likeness (QED) is 0.556. The number of anilines is 1. The van der Waals surface area contributed by atoms with Gasteiger partial charge in [0.05, 0.1) is 12.6 Å². The molecule has 0 spiro atoms. The Morgan fingerprint density at radius 3 is 2.56 bits per heavy atom. The first kappa shape index (κ1) is 17.0. The Hall–Kier alpha value is -3.47. The lowest BCUT2D eigenvalue weighted by molar-refractivity contribution is 0.414. The molecule has 0 aliphatic rings. The van der Waals surface area contributed by atoms with Crippen LogP contribution in [-0.2, 0) is 6.42 Å². The van der Waals surface area contributed by atoms with Crippen LogP contribution in [0.3, 0.4) is 0 Å². The predicted molar refractivity (Wildman–Crippen MR) is 108 cm³/mol. The van der Waals surface area contributed by atoms with E-state index in [1.165, 1.54) is 5.56 Å². The molecule has 5 nitrogen and oxygen atoms in total. The maximum atomic E-state index is 5.21. The third-order valence-corrected chi connectivity index (χ3v) is 4.39. The Kier molecular flexibility index (Phi) is 4.92. The zero-order valence-electron chi connectivity index (χ0n) is 15.1. The molecule has 1 N–H and O–H groups in total. The van der Waals surface area contributed by atoms with Crippen molar-refractivity contribution in [2.45, 2.75) is 6.42 Å². The SMILES string of the molecule is COc1ccc(CCNc2nc(-c3cccnc3)nc3ccccc23)cc1.